The summed E-state index contributed by atoms with van der Waals surface area (Å²) >= 11 is 1.81. The van der Waals surface area contributed by atoms with Crippen molar-refractivity contribution >= 4 is 11.8 Å². The van der Waals surface area contributed by atoms with E-state index in [1.807, 2.05) is 31.1 Å². The van der Waals surface area contributed by atoms with E-state index in [4.69, 9.17) is 4.74 Å². The summed E-state index contributed by atoms with van der Waals surface area (Å²) in [6, 6.07) is 1.83. The lowest BCUT2D eigenvalue weighted by Crippen LogP contribution is -2.30. The van der Waals surface area contributed by atoms with Gasteiger partial charge in [0.15, 0.2) is 0 Å². The fraction of sp³-hybridized carbons (Fsp3) is 0.667. The van der Waals surface area contributed by atoms with E-state index in [0.717, 1.165) is 18.1 Å². The summed E-state index contributed by atoms with van der Waals surface area (Å²) in [6.07, 6.45) is 1.13. The van der Waals surface area contributed by atoms with E-state index >= 15 is 0 Å². The number of aliphatic hydroxyl groups excluding tert-OH is 1. The zero-order chi connectivity index (χ0) is 9.97. The van der Waals surface area contributed by atoms with Crippen LogP contribution in [0.3, 0.4) is 0 Å². The topological polar surface area (TPSA) is 47.3 Å². The maximum atomic E-state index is 9.94. The molecule has 2 unspecified atom stereocenters. The van der Waals surface area contributed by atoms with Crippen LogP contribution in [0.5, 0.6) is 0 Å². The van der Waals surface area contributed by atoms with Gasteiger partial charge < -0.3 is 9.84 Å². The SMILES string of the molecule is Cn1ccc(C(O)C2CSCCO2)n1. The Labute approximate surface area is 87.3 Å². The fourth-order valence-electron chi connectivity index (χ4n) is 1.47. The van der Waals surface area contributed by atoms with Gasteiger partial charge in [-0.1, -0.05) is 0 Å². The number of aromatic nitrogens is 2. The van der Waals surface area contributed by atoms with Gasteiger partial charge in [0.2, 0.25) is 0 Å². The average molecular weight is 214 g/mol. The Morgan fingerprint density at radius 1 is 1.79 bits per heavy atom. The predicted octanol–water partition coefficient (Wildman–Crippen LogP) is 0.585. The molecule has 0 radical (unpaired) electrons. The van der Waals surface area contributed by atoms with Crippen molar-refractivity contribution < 1.29 is 9.84 Å². The van der Waals surface area contributed by atoms with Crippen molar-refractivity contribution in [3.05, 3.63) is 18.0 Å². The summed E-state index contributed by atoms with van der Waals surface area (Å²) in [5, 5.41) is 14.1. The van der Waals surface area contributed by atoms with Gasteiger partial charge in [0.1, 0.15) is 6.10 Å². The zero-order valence-electron chi connectivity index (χ0n) is 8.09. The van der Waals surface area contributed by atoms with Crippen LogP contribution in [0, 0.1) is 0 Å². The highest BCUT2D eigenvalue weighted by Gasteiger charge is 2.25. The second kappa shape index (κ2) is 4.33. The lowest BCUT2D eigenvalue weighted by atomic mass is 10.1. The van der Waals surface area contributed by atoms with Crippen molar-refractivity contribution in [3.63, 3.8) is 0 Å². The highest BCUT2D eigenvalue weighted by molar-refractivity contribution is 7.99. The minimum absolute atomic E-state index is 0.108. The number of aliphatic hydroxyl groups is 1. The van der Waals surface area contributed by atoms with Crippen LogP contribution in [0.1, 0.15) is 11.8 Å². The molecule has 78 valence electrons. The number of aryl methyl sites for hydroxylation is 1. The molecule has 0 aromatic carbocycles. The minimum atomic E-state index is -0.594. The Bertz CT molecular complexity index is 297. The summed E-state index contributed by atoms with van der Waals surface area (Å²) in [7, 11) is 1.84. The second-order valence-corrected chi connectivity index (χ2v) is 4.49. The molecule has 1 saturated heterocycles. The molecule has 14 heavy (non-hydrogen) atoms. The molecule has 1 aromatic heterocycles. The number of rotatable bonds is 2. The molecular weight excluding hydrogens is 200 g/mol. The number of nitrogens with zero attached hydrogens (tertiary/aromatic N) is 2. The van der Waals surface area contributed by atoms with Crippen molar-refractivity contribution in [2.45, 2.75) is 12.2 Å². The van der Waals surface area contributed by atoms with Crippen LogP contribution in [0.2, 0.25) is 0 Å². The molecule has 1 N–H and O–H groups in total. The number of ether oxygens (including phenoxy) is 1. The van der Waals surface area contributed by atoms with Gasteiger partial charge in [-0.15, -0.1) is 0 Å². The quantitative estimate of drug-likeness (QED) is 0.782. The highest BCUT2D eigenvalue weighted by Crippen LogP contribution is 2.23. The number of hydrogen-bond acceptors (Lipinski definition) is 4. The van der Waals surface area contributed by atoms with Gasteiger partial charge in [0.05, 0.1) is 18.4 Å². The molecule has 1 fully saturated rings. The van der Waals surface area contributed by atoms with Crippen molar-refractivity contribution in [1.82, 2.24) is 9.78 Å². The van der Waals surface area contributed by atoms with E-state index in [1.54, 1.807) is 4.68 Å². The standard InChI is InChI=1S/C9H14N2O2S/c1-11-3-2-7(10-11)9(12)8-6-14-5-4-13-8/h2-3,8-9,12H,4-6H2,1H3. The van der Waals surface area contributed by atoms with E-state index in [1.165, 1.54) is 0 Å². The van der Waals surface area contributed by atoms with E-state index in [9.17, 15) is 5.11 Å². The molecule has 1 aromatic rings. The van der Waals surface area contributed by atoms with Crippen molar-refractivity contribution in [2.24, 2.45) is 7.05 Å². The smallest absolute Gasteiger partial charge is 0.125 e. The monoisotopic (exact) mass is 214 g/mol. The number of thioether (sulfide) groups is 1. The van der Waals surface area contributed by atoms with Gasteiger partial charge in [0.25, 0.3) is 0 Å². The Morgan fingerprint density at radius 2 is 2.64 bits per heavy atom. The zero-order valence-corrected chi connectivity index (χ0v) is 8.91. The van der Waals surface area contributed by atoms with Gasteiger partial charge in [0, 0.05) is 24.8 Å². The molecular formula is C9H14N2O2S. The summed E-state index contributed by atoms with van der Waals surface area (Å²) in [4.78, 5) is 0. The van der Waals surface area contributed by atoms with Crippen LogP contribution in [-0.2, 0) is 11.8 Å². The van der Waals surface area contributed by atoms with Gasteiger partial charge in [-0.3, -0.25) is 4.68 Å². The largest absolute Gasteiger partial charge is 0.384 e. The van der Waals surface area contributed by atoms with Crippen LogP contribution in [0.4, 0.5) is 0 Å². The Kier molecular flexibility index (Phi) is 3.10. The maximum absolute atomic E-state index is 9.94. The summed E-state index contributed by atoms with van der Waals surface area (Å²) in [5.74, 6) is 1.86. The minimum Gasteiger partial charge on any atom is -0.384 e. The maximum Gasteiger partial charge on any atom is 0.125 e. The van der Waals surface area contributed by atoms with Gasteiger partial charge in [-0.2, -0.15) is 16.9 Å². The summed E-state index contributed by atoms with van der Waals surface area (Å²) < 4.78 is 7.17. The van der Waals surface area contributed by atoms with Crippen molar-refractivity contribution in [2.75, 3.05) is 18.1 Å². The fourth-order valence-corrected chi connectivity index (χ4v) is 2.36. The predicted molar refractivity (Wildman–Crippen MR) is 55.2 cm³/mol. The first-order chi connectivity index (χ1) is 6.77. The first-order valence-electron chi connectivity index (χ1n) is 4.64. The molecule has 4 nitrogen and oxygen atoms in total. The number of hydrogen-bond donors (Lipinski definition) is 1. The molecule has 2 heterocycles. The van der Waals surface area contributed by atoms with Gasteiger partial charge >= 0.3 is 0 Å². The second-order valence-electron chi connectivity index (χ2n) is 3.34. The molecule has 0 spiro atoms. The third-order valence-corrected chi connectivity index (χ3v) is 3.25. The highest BCUT2D eigenvalue weighted by atomic mass is 32.2. The average Bonchev–Trinajstić information content (AvgIpc) is 2.65. The van der Waals surface area contributed by atoms with Crippen LogP contribution in [0.15, 0.2) is 12.3 Å². The Balaban J connectivity index is 2.03. The first-order valence-corrected chi connectivity index (χ1v) is 5.80. The summed E-state index contributed by atoms with van der Waals surface area (Å²) in [6.45, 7) is 0.721. The first kappa shape index (κ1) is 10.0. The van der Waals surface area contributed by atoms with Gasteiger partial charge in [-0.05, 0) is 6.07 Å². The third-order valence-electron chi connectivity index (χ3n) is 2.23. The van der Waals surface area contributed by atoms with Crippen LogP contribution in [-0.4, -0.2) is 39.1 Å². The van der Waals surface area contributed by atoms with Crippen LogP contribution >= 0.6 is 11.8 Å². The molecule has 0 amide bonds. The molecule has 1 aliphatic heterocycles. The van der Waals surface area contributed by atoms with E-state index in [0.29, 0.717) is 5.69 Å². The van der Waals surface area contributed by atoms with E-state index in [2.05, 4.69) is 5.10 Å². The Hall–Kier alpha value is -0.520. The van der Waals surface area contributed by atoms with Gasteiger partial charge in [-0.25, -0.2) is 0 Å². The Morgan fingerprint density at radius 3 is 3.21 bits per heavy atom. The molecule has 5 heteroatoms. The summed E-state index contributed by atoms with van der Waals surface area (Å²) in [5.41, 5.74) is 0.694. The van der Waals surface area contributed by atoms with E-state index < -0.39 is 6.10 Å². The van der Waals surface area contributed by atoms with Crippen molar-refractivity contribution in [1.29, 1.82) is 0 Å². The lowest BCUT2D eigenvalue weighted by molar-refractivity contribution is -0.0247. The third kappa shape index (κ3) is 2.10. The van der Waals surface area contributed by atoms with Crippen LogP contribution in [0.25, 0.3) is 0 Å². The van der Waals surface area contributed by atoms with E-state index in [-0.39, 0.29) is 6.10 Å². The lowest BCUT2D eigenvalue weighted by Gasteiger charge is -2.25. The molecule has 0 bridgehead atoms. The van der Waals surface area contributed by atoms with Crippen LogP contribution < -0.4 is 0 Å². The molecule has 1 aliphatic rings. The molecule has 0 saturated carbocycles. The normalized spacial score (nSPS) is 24.9. The molecule has 0 aliphatic carbocycles. The molecule has 2 rings (SSSR count). The van der Waals surface area contributed by atoms with Crippen molar-refractivity contribution in [3.8, 4) is 0 Å². The molecule has 2 atom stereocenters.